The highest BCUT2D eigenvalue weighted by atomic mass is 79.9. The van der Waals surface area contributed by atoms with Crippen molar-refractivity contribution in [2.75, 3.05) is 7.05 Å². The van der Waals surface area contributed by atoms with Gasteiger partial charge in [0.25, 0.3) is 0 Å². The number of aromatic nitrogens is 1. The number of pyridine rings is 1. The maximum absolute atomic E-state index is 4.43. The molecule has 2 aromatic heterocycles. The van der Waals surface area contributed by atoms with Gasteiger partial charge in [-0.2, -0.15) is 0 Å². The number of hydrogen-bond acceptors (Lipinski definition) is 3. The van der Waals surface area contributed by atoms with Crippen molar-refractivity contribution in [2.45, 2.75) is 6.04 Å². The van der Waals surface area contributed by atoms with E-state index in [1.807, 2.05) is 19.3 Å². The molecule has 2 nitrogen and oxygen atoms in total. The Balaban J connectivity index is 2.06. The van der Waals surface area contributed by atoms with Gasteiger partial charge in [-0.15, -0.1) is 11.3 Å². The largest absolute Gasteiger partial charge is 0.309 e. The normalized spacial score (nSPS) is 12.8. The third-order valence-corrected chi connectivity index (χ3v) is 6.52. The van der Waals surface area contributed by atoms with Crippen molar-refractivity contribution >= 4 is 54.1 Å². The number of benzene rings is 1. The first-order valence-electron chi connectivity index (χ1n) is 6.15. The Morgan fingerprint density at radius 3 is 2.75 bits per heavy atom. The molecule has 0 aliphatic carbocycles. The highest BCUT2D eigenvalue weighted by Crippen LogP contribution is 2.37. The number of nitrogens with one attached hydrogen (secondary N) is 1. The Morgan fingerprint density at radius 1 is 1.20 bits per heavy atom. The van der Waals surface area contributed by atoms with Gasteiger partial charge >= 0.3 is 0 Å². The van der Waals surface area contributed by atoms with Crippen molar-refractivity contribution in [2.24, 2.45) is 0 Å². The van der Waals surface area contributed by atoms with Crippen molar-refractivity contribution in [1.29, 1.82) is 0 Å². The predicted molar refractivity (Wildman–Crippen MR) is 92.4 cm³/mol. The third-order valence-electron chi connectivity index (χ3n) is 3.20. The molecule has 1 N–H and O–H groups in total. The molecule has 0 saturated carbocycles. The lowest BCUT2D eigenvalue weighted by Gasteiger charge is -2.15. The van der Waals surface area contributed by atoms with E-state index < -0.39 is 0 Å². The van der Waals surface area contributed by atoms with E-state index in [2.05, 4.69) is 72.5 Å². The molecule has 20 heavy (non-hydrogen) atoms. The number of rotatable bonds is 3. The van der Waals surface area contributed by atoms with E-state index in [9.17, 15) is 0 Å². The molecule has 1 unspecified atom stereocenters. The molecular weight excluding hydrogens is 400 g/mol. The molecule has 102 valence electrons. The summed E-state index contributed by atoms with van der Waals surface area (Å²) >= 11 is 8.84. The number of halogens is 2. The maximum Gasteiger partial charge on any atom is 0.0843 e. The van der Waals surface area contributed by atoms with Crippen LogP contribution in [0, 0.1) is 0 Å². The van der Waals surface area contributed by atoms with Crippen LogP contribution in [0.25, 0.3) is 10.9 Å². The Kier molecular flexibility index (Phi) is 4.21. The second-order valence-electron chi connectivity index (χ2n) is 4.45. The van der Waals surface area contributed by atoms with Crippen LogP contribution in [0.2, 0.25) is 0 Å². The van der Waals surface area contributed by atoms with E-state index in [0.717, 1.165) is 13.8 Å². The average molecular weight is 412 g/mol. The number of fused-ring (bicyclic) bond motifs is 1. The molecule has 0 bridgehead atoms. The summed E-state index contributed by atoms with van der Waals surface area (Å²) in [4.78, 5) is 5.70. The zero-order chi connectivity index (χ0) is 14.1. The Hall–Kier alpha value is -0.750. The highest BCUT2D eigenvalue weighted by Gasteiger charge is 2.16. The number of thiophene rings is 1. The van der Waals surface area contributed by atoms with Crippen LogP contribution in [-0.4, -0.2) is 12.0 Å². The van der Waals surface area contributed by atoms with E-state index in [4.69, 9.17) is 0 Å². The van der Waals surface area contributed by atoms with Crippen LogP contribution in [0.1, 0.15) is 16.5 Å². The van der Waals surface area contributed by atoms with Crippen LogP contribution in [-0.2, 0) is 0 Å². The first-order chi connectivity index (χ1) is 9.69. The average Bonchev–Trinajstić information content (AvgIpc) is 2.79. The van der Waals surface area contributed by atoms with Crippen molar-refractivity contribution < 1.29 is 0 Å². The van der Waals surface area contributed by atoms with Crippen LogP contribution in [0.4, 0.5) is 0 Å². The van der Waals surface area contributed by atoms with E-state index in [0.29, 0.717) is 0 Å². The van der Waals surface area contributed by atoms with Gasteiger partial charge in [-0.05, 0) is 62.7 Å². The van der Waals surface area contributed by atoms with Crippen molar-refractivity contribution in [1.82, 2.24) is 10.3 Å². The summed E-state index contributed by atoms with van der Waals surface area (Å²) in [6.07, 6.45) is 1.83. The van der Waals surface area contributed by atoms with Gasteiger partial charge in [0, 0.05) is 20.9 Å². The van der Waals surface area contributed by atoms with Gasteiger partial charge in [0.1, 0.15) is 0 Å². The molecule has 0 aliphatic heterocycles. The van der Waals surface area contributed by atoms with E-state index in [1.54, 1.807) is 11.3 Å². The quantitative estimate of drug-likeness (QED) is 0.646. The van der Waals surface area contributed by atoms with Gasteiger partial charge in [0.15, 0.2) is 0 Å². The zero-order valence-electron chi connectivity index (χ0n) is 10.7. The molecule has 1 aromatic carbocycles. The smallest absolute Gasteiger partial charge is 0.0843 e. The summed E-state index contributed by atoms with van der Waals surface area (Å²) in [6.45, 7) is 0. The van der Waals surface area contributed by atoms with Crippen molar-refractivity contribution in [3.8, 4) is 0 Å². The molecule has 0 fully saturated rings. The van der Waals surface area contributed by atoms with E-state index in [1.165, 1.54) is 15.8 Å². The molecule has 0 amide bonds. The molecule has 5 heteroatoms. The van der Waals surface area contributed by atoms with Gasteiger partial charge < -0.3 is 5.32 Å². The molecule has 3 aromatic rings. The zero-order valence-corrected chi connectivity index (χ0v) is 14.7. The van der Waals surface area contributed by atoms with Gasteiger partial charge in [0.2, 0.25) is 0 Å². The van der Waals surface area contributed by atoms with Crippen molar-refractivity contribution in [3.63, 3.8) is 0 Å². The van der Waals surface area contributed by atoms with Gasteiger partial charge in [-0.1, -0.05) is 18.2 Å². The minimum Gasteiger partial charge on any atom is -0.309 e. The van der Waals surface area contributed by atoms with Gasteiger partial charge in [-0.3, -0.25) is 4.98 Å². The Labute approximate surface area is 138 Å². The van der Waals surface area contributed by atoms with Crippen LogP contribution in [0.3, 0.4) is 0 Å². The lowest BCUT2D eigenvalue weighted by Crippen LogP contribution is -2.16. The first-order valence-corrected chi connectivity index (χ1v) is 8.56. The first kappa shape index (κ1) is 14.2. The SMILES string of the molecule is CNC(c1ccc2cccnc2c1)c1cc(Br)c(Br)s1. The molecule has 1 atom stereocenters. The Bertz CT molecular complexity index is 735. The standard InChI is InChI=1S/C15H12Br2N2S/c1-18-14(13-8-11(16)15(17)20-13)10-5-4-9-3-2-6-19-12(9)7-10/h2-8,14,18H,1H3. The van der Waals surface area contributed by atoms with Crippen LogP contribution < -0.4 is 5.32 Å². The summed E-state index contributed by atoms with van der Waals surface area (Å²) in [5.41, 5.74) is 2.25. The fourth-order valence-corrected chi connectivity index (χ4v) is 4.47. The predicted octanol–water partition coefficient (Wildman–Crippen LogP) is 5.13. The molecule has 0 aliphatic rings. The van der Waals surface area contributed by atoms with Gasteiger partial charge in [0.05, 0.1) is 15.3 Å². The highest BCUT2D eigenvalue weighted by molar-refractivity contribution is 9.13. The van der Waals surface area contributed by atoms with Crippen LogP contribution >= 0.6 is 43.2 Å². The fraction of sp³-hybridized carbons (Fsp3) is 0.133. The molecular formula is C15H12Br2N2S. The summed E-state index contributed by atoms with van der Waals surface area (Å²) in [5, 5.41) is 4.55. The fourth-order valence-electron chi connectivity index (χ4n) is 2.24. The molecule has 0 saturated heterocycles. The molecule has 0 spiro atoms. The minimum atomic E-state index is 0.175. The van der Waals surface area contributed by atoms with E-state index >= 15 is 0 Å². The Morgan fingerprint density at radius 2 is 2.05 bits per heavy atom. The second kappa shape index (κ2) is 5.93. The monoisotopic (exact) mass is 410 g/mol. The summed E-state index contributed by atoms with van der Waals surface area (Å²) < 4.78 is 2.21. The lowest BCUT2D eigenvalue weighted by molar-refractivity contribution is 0.704. The van der Waals surface area contributed by atoms with E-state index in [-0.39, 0.29) is 6.04 Å². The van der Waals surface area contributed by atoms with Crippen molar-refractivity contribution in [3.05, 3.63) is 61.3 Å². The summed E-state index contributed by atoms with van der Waals surface area (Å²) in [6, 6.07) is 12.8. The van der Waals surface area contributed by atoms with Gasteiger partial charge in [-0.25, -0.2) is 0 Å². The number of nitrogens with zero attached hydrogens (tertiary/aromatic N) is 1. The molecule has 3 rings (SSSR count). The third kappa shape index (κ3) is 2.68. The minimum absolute atomic E-state index is 0.175. The number of hydrogen-bond donors (Lipinski definition) is 1. The van der Waals surface area contributed by atoms with Crippen LogP contribution in [0.15, 0.2) is 50.9 Å². The molecule has 0 radical (unpaired) electrons. The maximum atomic E-state index is 4.43. The lowest BCUT2D eigenvalue weighted by atomic mass is 10.0. The topological polar surface area (TPSA) is 24.9 Å². The molecule has 2 heterocycles. The second-order valence-corrected chi connectivity index (χ2v) is 7.70. The van der Waals surface area contributed by atoms with Crippen LogP contribution in [0.5, 0.6) is 0 Å². The summed E-state index contributed by atoms with van der Waals surface area (Å²) in [5.74, 6) is 0. The summed E-state index contributed by atoms with van der Waals surface area (Å²) in [7, 11) is 1.98.